The summed E-state index contributed by atoms with van der Waals surface area (Å²) in [4.78, 5) is 13.0. The molecule has 0 bridgehead atoms. The van der Waals surface area contributed by atoms with Crippen LogP contribution in [0.3, 0.4) is 0 Å². The first-order valence-electron chi connectivity index (χ1n) is 12.9. The molecule has 212 valence electrons. The SMILES string of the molecule is COc1ccc(S(=O)(=O)N(C[C@@H](O)[C@H](Cc2ccccc2)NC(=O)/C=C/c2ccc(O)c(OC)c2)C2CC2)cc1. The maximum absolute atomic E-state index is 13.5. The van der Waals surface area contributed by atoms with E-state index in [1.165, 1.54) is 42.8 Å². The van der Waals surface area contributed by atoms with E-state index in [-0.39, 0.29) is 29.0 Å². The Balaban J connectivity index is 1.53. The summed E-state index contributed by atoms with van der Waals surface area (Å²) in [6.45, 7) is -0.171. The number of rotatable bonds is 13. The summed E-state index contributed by atoms with van der Waals surface area (Å²) < 4.78 is 38.7. The number of sulfonamides is 1. The zero-order valence-corrected chi connectivity index (χ0v) is 23.3. The second-order valence-corrected chi connectivity index (χ2v) is 11.5. The Kier molecular flexibility index (Phi) is 9.46. The van der Waals surface area contributed by atoms with Gasteiger partial charge in [0.25, 0.3) is 0 Å². The molecule has 0 aromatic heterocycles. The molecule has 1 saturated carbocycles. The molecule has 3 aromatic carbocycles. The minimum Gasteiger partial charge on any atom is -0.504 e. The number of ether oxygens (including phenoxy) is 2. The molecule has 4 rings (SSSR count). The molecular formula is C30H34N2O7S. The van der Waals surface area contributed by atoms with Crippen LogP contribution in [0.5, 0.6) is 17.2 Å². The quantitative estimate of drug-likeness (QED) is 0.271. The zero-order chi connectivity index (χ0) is 28.7. The molecule has 1 aliphatic carbocycles. The van der Waals surface area contributed by atoms with Crippen molar-refractivity contribution in [3.05, 3.63) is 90.0 Å². The number of carbonyl (C=O) groups excluding carboxylic acids is 1. The molecule has 1 amide bonds. The third kappa shape index (κ3) is 7.41. The molecule has 1 aliphatic rings. The van der Waals surface area contributed by atoms with Crippen molar-refractivity contribution < 1.29 is 32.9 Å². The van der Waals surface area contributed by atoms with Crippen molar-refractivity contribution in [3.63, 3.8) is 0 Å². The molecule has 0 aliphatic heterocycles. The first-order valence-corrected chi connectivity index (χ1v) is 14.4. The van der Waals surface area contributed by atoms with E-state index < -0.39 is 28.1 Å². The molecule has 3 N–H and O–H groups in total. The van der Waals surface area contributed by atoms with Gasteiger partial charge in [-0.3, -0.25) is 4.79 Å². The molecule has 1 fully saturated rings. The largest absolute Gasteiger partial charge is 0.504 e. The van der Waals surface area contributed by atoms with E-state index >= 15 is 0 Å². The number of benzene rings is 3. The molecule has 0 saturated heterocycles. The molecule has 0 spiro atoms. The molecule has 9 nitrogen and oxygen atoms in total. The van der Waals surface area contributed by atoms with Crippen molar-refractivity contribution in [2.24, 2.45) is 0 Å². The number of amides is 1. The number of aromatic hydroxyl groups is 1. The summed E-state index contributed by atoms with van der Waals surface area (Å²) in [5.74, 6) is 0.350. The topological polar surface area (TPSA) is 125 Å². The van der Waals surface area contributed by atoms with E-state index in [1.54, 1.807) is 30.3 Å². The number of hydrogen-bond acceptors (Lipinski definition) is 7. The van der Waals surface area contributed by atoms with E-state index in [0.29, 0.717) is 30.6 Å². The van der Waals surface area contributed by atoms with Crippen LogP contribution in [-0.4, -0.2) is 67.8 Å². The van der Waals surface area contributed by atoms with Crippen LogP contribution in [-0.2, 0) is 21.2 Å². The van der Waals surface area contributed by atoms with Crippen LogP contribution in [0, 0.1) is 0 Å². The lowest BCUT2D eigenvalue weighted by Crippen LogP contribution is -2.50. The number of hydrogen-bond donors (Lipinski definition) is 3. The van der Waals surface area contributed by atoms with Gasteiger partial charge in [-0.05, 0) is 72.9 Å². The van der Waals surface area contributed by atoms with Crippen molar-refractivity contribution in [2.75, 3.05) is 20.8 Å². The average molecular weight is 567 g/mol. The van der Waals surface area contributed by atoms with Crippen LogP contribution in [0.1, 0.15) is 24.0 Å². The van der Waals surface area contributed by atoms with Crippen LogP contribution in [0.4, 0.5) is 0 Å². The Bertz CT molecular complexity index is 1420. The Hall–Kier alpha value is -3.86. The molecule has 0 heterocycles. The molecule has 0 unspecified atom stereocenters. The van der Waals surface area contributed by atoms with Crippen LogP contribution in [0.2, 0.25) is 0 Å². The number of aliphatic hydroxyl groups excluding tert-OH is 1. The van der Waals surface area contributed by atoms with E-state index in [4.69, 9.17) is 9.47 Å². The second kappa shape index (κ2) is 13.0. The van der Waals surface area contributed by atoms with Crippen molar-refractivity contribution in [1.29, 1.82) is 0 Å². The fraction of sp³-hybridized carbons (Fsp3) is 0.300. The lowest BCUT2D eigenvalue weighted by Gasteiger charge is -2.29. The standard InChI is InChI=1S/C30H34N2O7S/c1-38-24-12-14-25(15-13-24)40(36,37)32(23-10-11-23)20-28(34)26(18-21-6-4-3-5-7-21)31-30(35)17-9-22-8-16-27(33)29(19-22)39-2/h3-9,12-17,19,23,26,28,33-34H,10-11,18,20H2,1-2H3,(H,31,35)/b17-9+/t26-,28+/m0/s1. The Labute approximate surface area is 234 Å². The van der Waals surface area contributed by atoms with Crippen molar-refractivity contribution >= 4 is 22.0 Å². The van der Waals surface area contributed by atoms with Crippen LogP contribution >= 0.6 is 0 Å². The summed E-state index contributed by atoms with van der Waals surface area (Å²) in [6, 6.07) is 19.2. The van der Waals surface area contributed by atoms with E-state index in [2.05, 4.69) is 5.32 Å². The van der Waals surface area contributed by atoms with Gasteiger partial charge in [0.2, 0.25) is 15.9 Å². The predicted molar refractivity (Wildman–Crippen MR) is 152 cm³/mol. The van der Waals surface area contributed by atoms with E-state index in [1.807, 2.05) is 30.3 Å². The van der Waals surface area contributed by atoms with Crippen LogP contribution < -0.4 is 14.8 Å². The Morgan fingerprint density at radius 3 is 2.38 bits per heavy atom. The van der Waals surface area contributed by atoms with E-state index in [0.717, 1.165) is 5.56 Å². The fourth-order valence-corrected chi connectivity index (χ4v) is 6.06. The van der Waals surface area contributed by atoms with Crippen LogP contribution in [0.15, 0.2) is 83.8 Å². The highest BCUT2D eigenvalue weighted by Crippen LogP contribution is 2.33. The van der Waals surface area contributed by atoms with E-state index in [9.17, 15) is 23.4 Å². The lowest BCUT2D eigenvalue weighted by atomic mass is 10.0. The Morgan fingerprint density at radius 1 is 1.05 bits per heavy atom. The first kappa shape index (κ1) is 29.1. The molecule has 10 heteroatoms. The number of carbonyl (C=O) groups is 1. The fourth-order valence-electron chi connectivity index (χ4n) is 4.35. The zero-order valence-electron chi connectivity index (χ0n) is 22.4. The van der Waals surface area contributed by atoms with Gasteiger partial charge in [-0.25, -0.2) is 8.42 Å². The molecular weight excluding hydrogens is 532 g/mol. The number of phenolic OH excluding ortho intramolecular Hbond substituents is 1. The van der Waals surface area contributed by atoms with Gasteiger partial charge in [-0.15, -0.1) is 0 Å². The highest BCUT2D eigenvalue weighted by molar-refractivity contribution is 7.89. The maximum Gasteiger partial charge on any atom is 0.244 e. The minimum absolute atomic E-state index is 0.0139. The van der Waals surface area contributed by atoms with Gasteiger partial charge in [0, 0.05) is 18.7 Å². The van der Waals surface area contributed by atoms with Gasteiger partial charge in [0.05, 0.1) is 31.3 Å². The predicted octanol–water partition coefficient (Wildman–Crippen LogP) is 3.36. The van der Waals surface area contributed by atoms with Crippen molar-refractivity contribution in [1.82, 2.24) is 9.62 Å². The van der Waals surface area contributed by atoms with Gasteiger partial charge < -0.3 is 25.0 Å². The lowest BCUT2D eigenvalue weighted by molar-refractivity contribution is -0.118. The number of nitrogens with one attached hydrogen (secondary N) is 1. The Morgan fingerprint density at radius 2 is 1.75 bits per heavy atom. The first-order chi connectivity index (χ1) is 19.2. The number of nitrogens with zero attached hydrogens (tertiary/aromatic N) is 1. The van der Waals surface area contributed by atoms with Gasteiger partial charge >= 0.3 is 0 Å². The van der Waals surface area contributed by atoms with Gasteiger partial charge in [0.15, 0.2) is 11.5 Å². The summed E-state index contributed by atoms with van der Waals surface area (Å²) in [7, 11) is -0.947. The number of phenols is 1. The molecule has 2 atom stereocenters. The monoisotopic (exact) mass is 566 g/mol. The highest BCUT2D eigenvalue weighted by Gasteiger charge is 2.40. The minimum atomic E-state index is -3.89. The van der Waals surface area contributed by atoms with Gasteiger partial charge in [0.1, 0.15) is 5.75 Å². The van der Waals surface area contributed by atoms with Gasteiger partial charge in [-0.2, -0.15) is 4.31 Å². The van der Waals surface area contributed by atoms with Crippen molar-refractivity contribution in [3.8, 4) is 17.2 Å². The third-order valence-corrected chi connectivity index (χ3v) is 8.64. The number of aliphatic hydroxyl groups is 1. The summed E-state index contributed by atoms with van der Waals surface area (Å²) >= 11 is 0. The third-order valence-electron chi connectivity index (χ3n) is 6.71. The summed E-state index contributed by atoms with van der Waals surface area (Å²) in [5.41, 5.74) is 1.52. The molecule has 0 radical (unpaired) electrons. The number of methoxy groups -OCH3 is 2. The van der Waals surface area contributed by atoms with Crippen LogP contribution in [0.25, 0.3) is 6.08 Å². The smallest absolute Gasteiger partial charge is 0.244 e. The summed E-state index contributed by atoms with van der Waals surface area (Å²) in [6.07, 6.45) is 3.42. The highest BCUT2D eigenvalue weighted by atomic mass is 32.2. The maximum atomic E-state index is 13.5. The van der Waals surface area contributed by atoms with Gasteiger partial charge in [-0.1, -0.05) is 36.4 Å². The van der Waals surface area contributed by atoms with Crippen molar-refractivity contribution in [2.45, 2.75) is 42.3 Å². The second-order valence-electron chi connectivity index (χ2n) is 9.62. The normalized spacial score (nSPS) is 15.1. The summed E-state index contributed by atoms with van der Waals surface area (Å²) in [5, 5.41) is 24.0. The molecule has 3 aromatic rings. The molecule has 40 heavy (non-hydrogen) atoms. The average Bonchev–Trinajstić information content (AvgIpc) is 3.81.